The van der Waals surface area contributed by atoms with Crippen LogP contribution in [0.3, 0.4) is 0 Å². The average Bonchev–Trinajstić information content (AvgIpc) is 2.32. The number of rotatable bonds is 0. The first-order valence-corrected chi connectivity index (χ1v) is 6.10. The minimum atomic E-state index is -0.750. The van der Waals surface area contributed by atoms with E-state index in [1.165, 1.54) is 0 Å². The monoisotopic (exact) mass is 290 g/mol. The molecule has 0 amide bonds. The van der Waals surface area contributed by atoms with Gasteiger partial charge in [0.05, 0.1) is 0 Å². The van der Waals surface area contributed by atoms with Gasteiger partial charge in [0.2, 0.25) is 0 Å². The summed E-state index contributed by atoms with van der Waals surface area (Å²) in [4.78, 5) is 0. The summed E-state index contributed by atoms with van der Waals surface area (Å²) in [5, 5.41) is 8.63. The number of phenols is 1. The number of aromatic hydroxyl groups is 1. The lowest BCUT2D eigenvalue weighted by Gasteiger charge is -1.82. The van der Waals surface area contributed by atoms with Gasteiger partial charge in [-0.15, -0.1) is 0 Å². The Kier molecular flexibility index (Phi) is 11.0. The molecule has 0 heterocycles. The summed E-state index contributed by atoms with van der Waals surface area (Å²) in [5.74, 6) is 0.322. The van der Waals surface area contributed by atoms with Crippen LogP contribution in [0.5, 0.6) is 5.75 Å². The number of hydrogen-bond donors (Lipinski definition) is 1. The standard InChI is InChI=1S/C6H6O.C6H6.CHCl3/c7-6-4-2-1-3-5-6;1-2-4-6-5-3-1;2-1(3)4/h1-5,7H;1-6H;1H. The molecule has 0 saturated heterocycles. The molecule has 0 aromatic heterocycles. The Morgan fingerprint density at radius 2 is 0.882 bits per heavy atom. The molecule has 0 saturated carbocycles. The molecule has 4 heteroatoms. The van der Waals surface area contributed by atoms with Gasteiger partial charge in [0.25, 0.3) is 0 Å². The molecule has 1 nitrogen and oxygen atoms in total. The van der Waals surface area contributed by atoms with E-state index in [1.54, 1.807) is 24.3 Å². The Bertz CT molecular complexity index is 322. The fourth-order valence-electron chi connectivity index (χ4n) is 0.813. The van der Waals surface area contributed by atoms with E-state index in [-0.39, 0.29) is 0 Å². The highest BCUT2D eigenvalue weighted by Gasteiger charge is 1.79. The van der Waals surface area contributed by atoms with Crippen molar-refractivity contribution in [1.29, 1.82) is 0 Å². The van der Waals surface area contributed by atoms with Gasteiger partial charge in [-0.2, -0.15) is 0 Å². The molecule has 0 spiro atoms. The first-order chi connectivity index (χ1) is 8.13. The van der Waals surface area contributed by atoms with Crippen LogP contribution in [-0.4, -0.2) is 9.40 Å². The van der Waals surface area contributed by atoms with Gasteiger partial charge in [-0.1, -0.05) is 89.4 Å². The molecule has 17 heavy (non-hydrogen) atoms. The van der Waals surface area contributed by atoms with E-state index >= 15 is 0 Å². The molecule has 0 bridgehead atoms. The van der Waals surface area contributed by atoms with E-state index in [4.69, 9.17) is 39.9 Å². The number of halogens is 3. The Morgan fingerprint density at radius 1 is 0.647 bits per heavy atom. The fraction of sp³-hybridized carbons (Fsp3) is 0.0769. The Hall–Kier alpha value is -0.890. The summed E-state index contributed by atoms with van der Waals surface area (Å²) in [7, 11) is 0. The zero-order chi connectivity index (χ0) is 12.9. The summed E-state index contributed by atoms with van der Waals surface area (Å²) >= 11 is 14.4. The van der Waals surface area contributed by atoms with Crippen molar-refractivity contribution < 1.29 is 5.11 Å². The molecule has 0 aliphatic rings. The summed E-state index contributed by atoms with van der Waals surface area (Å²) < 4.78 is -0.750. The highest BCUT2D eigenvalue weighted by molar-refractivity contribution is 6.63. The molecule has 2 aromatic rings. The van der Waals surface area contributed by atoms with Crippen molar-refractivity contribution in [3.8, 4) is 5.75 Å². The van der Waals surface area contributed by atoms with Crippen LogP contribution >= 0.6 is 34.8 Å². The molecule has 0 unspecified atom stereocenters. The third kappa shape index (κ3) is 15.1. The predicted octanol–water partition coefficient (Wildman–Crippen LogP) is 5.07. The van der Waals surface area contributed by atoms with E-state index in [0.29, 0.717) is 5.75 Å². The van der Waals surface area contributed by atoms with Gasteiger partial charge in [0.1, 0.15) is 5.75 Å². The molecule has 0 radical (unpaired) electrons. The summed E-state index contributed by atoms with van der Waals surface area (Å²) in [6, 6.07) is 20.7. The molecular formula is C13H13Cl3O. The molecule has 2 rings (SSSR count). The van der Waals surface area contributed by atoms with E-state index in [2.05, 4.69) is 0 Å². The molecule has 92 valence electrons. The van der Waals surface area contributed by atoms with Crippen molar-refractivity contribution in [2.45, 2.75) is 4.30 Å². The SMILES string of the molecule is ClC(Cl)Cl.Oc1ccccc1.c1ccccc1. The predicted molar refractivity (Wildman–Crippen MR) is 75.9 cm³/mol. The van der Waals surface area contributed by atoms with Gasteiger partial charge in [0, 0.05) is 0 Å². The molecule has 0 fully saturated rings. The van der Waals surface area contributed by atoms with Gasteiger partial charge in [-0.05, 0) is 12.1 Å². The maximum atomic E-state index is 8.63. The molecule has 2 aromatic carbocycles. The van der Waals surface area contributed by atoms with Gasteiger partial charge >= 0.3 is 0 Å². The van der Waals surface area contributed by atoms with Crippen molar-refractivity contribution in [1.82, 2.24) is 0 Å². The minimum absolute atomic E-state index is 0.322. The van der Waals surface area contributed by atoms with Crippen LogP contribution in [0.1, 0.15) is 0 Å². The molecule has 0 aliphatic heterocycles. The Labute approximate surface area is 117 Å². The van der Waals surface area contributed by atoms with Crippen LogP contribution < -0.4 is 0 Å². The fourth-order valence-corrected chi connectivity index (χ4v) is 0.813. The summed E-state index contributed by atoms with van der Waals surface area (Å²) in [6.07, 6.45) is 0. The lowest BCUT2D eigenvalue weighted by atomic mass is 10.3. The number of benzene rings is 2. The highest BCUT2D eigenvalue weighted by atomic mass is 35.6. The second-order valence-corrected chi connectivity index (χ2v) is 4.72. The second-order valence-electron chi connectivity index (χ2n) is 2.74. The van der Waals surface area contributed by atoms with E-state index < -0.39 is 4.30 Å². The van der Waals surface area contributed by atoms with Crippen molar-refractivity contribution in [3.05, 3.63) is 66.7 Å². The largest absolute Gasteiger partial charge is 0.508 e. The molecule has 1 N–H and O–H groups in total. The van der Waals surface area contributed by atoms with Crippen LogP contribution in [0, 0.1) is 0 Å². The number of para-hydroxylation sites is 1. The van der Waals surface area contributed by atoms with Gasteiger partial charge in [-0.3, -0.25) is 0 Å². The van der Waals surface area contributed by atoms with Gasteiger partial charge in [0.15, 0.2) is 4.30 Å². The third-order valence-corrected chi connectivity index (χ3v) is 1.42. The van der Waals surface area contributed by atoms with E-state index in [1.807, 2.05) is 42.5 Å². The first-order valence-electron chi connectivity index (χ1n) is 4.79. The van der Waals surface area contributed by atoms with Crippen molar-refractivity contribution >= 4 is 34.8 Å². The quantitative estimate of drug-likeness (QED) is 0.672. The second kappa shape index (κ2) is 11.6. The zero-order valence-electron chi connectivity index (χ0n) is 9.01. The zero-order valence-corrected chi connectivity index (χ0v) is 11.3. The molecular weight excluding hydrogens is 279 g/mol. The smallest absolute Gasteiger partial charge is 0.180 e. The summed E-state index contributed by atoms with van der Waals surface area (Å²) in [6.45, 7) is 0. The number of alkyl halides is 3. The minimum Gasteiger partial charge on any atom is -0.508 e. The normalized spacial score (nSPS) is 8.47. The highest BCUT2D eigenvalue weighted by Crippen LogP contribution is 2.03. The topological polar surface area (TPSA) is 20.2 Å². The van der Waals surface area contributed by atoms with Crippen molar-refractivity contribution in [2.75, 3.05) is 0 Å². The van der Waals surface area contributed by atoms with E-state index in [0.717, 1.165) is 0 Å². The van der Waals surface area contributed by atoms with Crippen molar-refractivity contribution in [2.24, 2.45) is 0 Å². The average molecular weight is 292 g/mol. The summed E-state index contributed by atoms with van der Waals surface area (Å²) in [5.41, 5.74) is 0. The lowest BCUT2D eigenvalue weighted by Crippen LogP contribution is -1.56. The lowest BCUT2D eigenvalue weighted by molar-refractivity contribution is 0.475. The van der Waals surface area contributed by atoms with Gasteiger partial charge in [-0.25, -0.2) is 0 Å². The maximum absolute atomic E-state index is 8.63. The van der Waals surface area contributed by atoms with Crippen LogP contribution in [0.15, 0.2) is 66.7 Å². The first kappa shape index (κ1) is 16.1. The van der Waals surface area contributed by atoms with Crippen LogP contribution in [-0.2, 0) is 0 Å². The molecule has 0 aliphatic carbocycles. The van der Waals surface area contributed by atoms with Crippen LogP contribution in [0.4, 0.5) is 0 Å². The van der Waals surface area contributed by atoms with Crippen LogP contribution in [0.2, 0.25) is 0 Å². The Balaban J connectivity index is 0.000000236. The van der Waals surface area contributed by atoms with E-state index in [9.17, 15) is 0 Å². The number of hydrogen-bond acceptors (Lipinski definition) is 1. The van der Waals surface area contributed by atoms with Crippen LogP contribution in [0.25, 0.3) is 0 Å². The van der Waals surface area contributed by atoms with Crippen molar-refractivity contribution in [3.63, 3.8) is 0 Å². The molecule has 0 atom stereocenters. The van der Waals surface area contributed by atoms with Gasteiger partial charge < -0.3 is 5.11 Å². The number of phenolic OH excluding ortho intramolecular Hbond substituents is 1. The maximum Gasteiger partial charge on any atom is 0.180 e. The third-order valence-electron chi connectivity index (χ3n) is 1.42. The Morgan fingerprint density at radius 3 is 1.06 bits per heavy atom.